The van der Waals surface area contributed by atoms with Crippen LogP contribution in [0.3, 0.4) is 0 Å². The second-order valence-corrected chi connectivity index (χ2v) is 10.5. The van der Waals surface area contributed by atoms with Crippen LogP contribution in [0.1, 0.15) is 39.5 Å². The van der Waals surface area contributed by atoms with Gasteiger partial charge in [-0.3, -0.25) is 0 Å². The minimum absolute atomic E-state index is 0.782. The van der Waals surface area contributed by atoms with Crippen molar-refractivity contribution >= 4 is 40.2 Å². The molecular weight excluding hydrogens is 316 g/mol. The molecule has 0 spiro atoms. The number of hydrogen-bond donors (Lipinski definition) is 0. The van der Waals surface area contributed by atoms with Gasteiger partial charge in [-0.25, -0.2) is 0 Å². The van der Waals surface area contributed by atoms with Gasteiger partial charge in [0.15, 0.2) is 0 Å². The lowest BCUT2D eigenvalue weighted by Gasteiger charge is -2.29. The summed E-state index contributed by atoms with van der Waals surface area (Å²) < 4.78 is 15.4. The van der Waals surface area contributed by atoms with Crippen molar-refractivity contribution in [1.29, 1.82) is 0 Å². The van der Waals surface area contributed by atoms with E-state index in [4.69, 9.17) is 8.85 Å². The molecule has 2 aromatic rings. The standard InChI is InChI=1S/C16H24O2S2Si/c1-3-5-11-17-21(18-12-6-4-2,15-9-7-13-19-15)16-10-8-14-20-16/h7-10,13-14H,3-6,11-12H2,1-2H3. The molecule has 2 rings (SSSR count). The van der Waals surface area contributed by atoms with E-state index in [2.05, 4.69) is 48.9 Å². The van der Waals surface area contributed by atoms with E-state index in [0.29, 0.717) is 0 Å². The molecule has 0 aliphatic rings. The molecule has 2 nitrogen and oxygen atoms in total. The topological polar surface area (TPSA) is 18.5 Å². The largest absolute Gasteiger partial charge is 0.427 e. The lowest BCUT2D eigenvalue weighted by molar-refractivity contribution is 0.188. The summed E-state index contributed by atoms with van der Waals surface area (Å²) in [7, 11) is -2.48. The molecule has 2 heterocycles. The molecule has 0 unspecified atom stereocenters. The number of rotatable bonds is 10. The lowest BCUT2D eigenvalue weighted by atomic mass is 10.4. The third-order valence-corrected chi connectivity index (χ3v) is 9.84. The first-order valence-corrected chi connectivity index (χ1v) is 11.3. The Hall–Kier alpha value is -0.463. The van der Waals surface area contributed by atoms with Crippen molar-refractivity contribution < 1.29 is 8.85 Å². The fourth-order valence-corrected chi connectivity index (χ4v) is 8.62. The van der Waals surface area contributed by atoms with Gasteiger partial charge in [0.25, 0.3) is 0 Å². The molecule has 0 N–H and O–H groups in total. The molecule has 0 aromatic carbocycles. The zero-order chi connectivity index (χ0) is 15.0. The minimum atomic E-state index is -2.48. The van der Waals surface area contributed by atoms with Gasteiger partial charge < -0.3 is 8.85 Å². The molecule has 5 heteroatoms. The lowest BCUT2D eigenvalue weighted by Crippen LogP contribution is -2.61. The molecule has 2 aromatic heterocycles. The second kappa shape index (κ2) is 8.85. The van der Waals surface area contributed by atoms with Crippen molar-refractivity contribution in [3.63, 3.8) is 0 Å². The van der Waals surface area contributed by atoms with Crippen LogP contribution >= 0.6 is 22.7 Å². The van der Waals surface area contributed by atoms with E-state index in [1.807, 2.05) is 0 Å². The fraction of sp³-hybridized carbons (Fsp3) is 0.500. The second-order valence-electron chi connectivity index (χ2n) is 4.98. The van der Waals surface area contributed by atoms with Gasteiger partial charge in [-0.1, -0.05) is 38.8 Å². The number of unbranched alkanes of at least 4 members (excludes halogenated alkanes) is 2. The Morgan fingerprint density at radius 3 is 1.67 bits per heavy atom. The zero-order valence-electron chi connectivity index (χ0n) is 12.8. The van der Waals surface area contributed by atoms with Gasteiger partial charge >= 0.3 is 8.56 Å². The highest BCUT2D eigenvalue weighted by molar-refractivity contribution is 7.33. The van der Waals surface area contributed by atoms with Gasteiger partial charge in [-0.2, -0.15) is 0 Å². The van der Waals surface area contributed by atoms with Crippen molar-refractivity contribution in [3.8, 4) is 0 Å². The highest BCUT2D eigenvalue weighted by atomic mass is 32.1. The smallest absolute Gasteiger partial charge is 0.387 e. The summed E-state index contributed by atoms with van der Waals surface area (Å²) in [5.74, 6) is 0. The summed E-state index contributed by atoms with van der Waals surface area (Å²) in [6.45, 7) is 5.96. The highest BCUT2D eigenvalue weighted by Gasteiger charge is 2.44. The molecule has 0 radical (unpaired) electrons. The van der Waals surface area contributed by atoms with E-state index in [1.165, 1.54) is 9.00 Å². The maximum Gasteiger partial charge on any atom is 0.427 e. The molecule has 0 amide bonds. The molecule has 0 saturated carbocycles. The predicted molar refractivity (Wildman–Crippen MR) is 95.4 cm³/mol. The Balaban J connectivity index is 2.28. The van der Waals surface area contributed by atoms with Crippen LogP contribution in [0.15, 0.2) is 35.0 Å². The quantitative estimate of drug-likeness (QED) is 0.481. The molecule has 0 fully saturated rings. The average Bonchev–Trinajstić information content (AvgIpc) is 3.19. The van der Waals surface area contributed by atoms with Crippen molar-refractivity contribution in [2.45, 2.75) is 39.5 Å². The van der Waals surface area contributed by atoms with E-state index in [0.717, 1.165) is 38.9 Å². The Morgan fingerprint density at radius 1 is 0.857 bits per heavy atom. The van der Waals surface area contributed by atoms with Gasteiger partial charge in [0.1, 0.15) is 0 Å². The summed E-state index contributed by atoms with van der Waals surface area (Å²) in [4.78, 5) is 0. The maximum absolute atomic E-state index is 6.44. The third-order valence-electron chi connectivity index (χ3n) is 3.30. The van der Waals surface area contributed by atoms with Gasteiger partial charge in [-0.15, -0.1) is 22.7 Å². The molecule has 0 saturated heterocycles. The summed E-state index contributed by atoms with van der Waals surface area (Å²) in [5, 5.41) is 4.24. The minimum Gasteiger partial charge on any atom is -0.387 e. The Bertz CT molecular complexity index is 436. The molecular formula is C16H24O2S2Si. The van der Waals surface area contributed by atoms with Crippen LogP contribution in [0, 0.1) is 0 Å². The van der Waals surface area contributed by atoms with Crippen LogP contribution < -0.4 is 9.00 Å². The van der Waals surface area contributed by atoms with Gasteiger partial charge in [0, 0.05) is 13.2 Å². The molecule has 0 aliphatic heterocycles. The average molecular weight is 341 g/mol. The summed E-state index contributed by atoms with van der Waals surface area (Å²) in [5.41, 5.74) is 0. The maximum atomic E-state index is 6.44. The normalized spacial score (nSPS) is 11.9. The number of thiophene rings is 2. The van der Waals surface area contributed by atoms with Crippen LogP contribution in [-0.2, 0) is 8.85 Å². The van der Waals surface area contributed by atoms with Crippen molar-refractivity contribution in [3.05, 3.63) is 35.0 Å². The molecule has 0 bridgehead atoms. The van der Waals surface area contributed by atoms with Gasteiger partial charge in [0.05, 0.1) is 9.00 Å². The van der Waals surface area contributed by atoms with E-state index >= 15 is 0 Å². The third kappa shape index (κ3) is 4.26. The number of hydrogen-bond acceptors (Lipinski definition) is 4. The zero-order valence-corrected chi connectivity index (χ0v) is 15.5. The van der Waals surface area contributed by atoms with E-state index in [1.54, 1.807) is 22.7 Å². The van der Waals surface area contributed by atoms with Crippen LogP contribution in [0.2, 0.25) is 0 Å². The van der Waals surface area contributed by atoms with Gasteiger partial charge in [0.2, 0.25) is 0 Å². The van der Waals surface area contributed by atoms with Crippen LogP contribution in [-0.4, -0.2) is 21.8 Å². The monoisotopic (exact) mass is 340 g/mol. The molecule has 21 heavy (non-hydrogen) atoms. The van der Waals surface area contributed by atoms with Crippen LogP contribution in [0.5, 0.6) is 0 Å². The molecule has 0 atom stereocenters. The van der Waals surface area contributed by atoms with Crippen LogP contribution in [0.4, 0.5) is 0 Å². The summed E-state index contributed by atoms with van der Waals surface area (Å²) in [6.07, 6.45) is 4.47. The Morgan fingerprint density at radius 2 is 1.33 bits per heavy atom. The molecule has 116 valence electrons. The van der Waals surface area contributed by atoms with Crippen LogP contribution in [0.25, 0.3) is 0 Å². The predicted octanol–water partition coefficient (Wildman–Crippen LogP) is 4.00. The van der Waals surface area contributed by atoms with Crippen molar-refractivity contribution in [2.75, 3.05) is 13.2 Å². The Labute approximate surface area is 137 Å². The molecule has 0 aliphatic carbocycles. The summed E-state index contributed by atoms with van der Waals surface area (Å²) in [6, 6.07) is 8.55. The first-order chi connectivity index (χ1) is 10.3. The van der Waals surface area contributed by atoms with Gasteiger partial charge in [-0.05, 0) is 35.7 Å². The van der Waals surface area contributed by atoms with Crippen molar-refractivity contribution in [2.24, 2.45) is 0 Å². The first kappa shape index (κ1) is 16.9. The van der Waals surface area contributed by atoms with E-state index in [-0.39, 0.29) is 0 Å². The Kier molecular flexibility index (Phi) is 7.12. The fourth-order valence-electron chi connectivity index (χ4n) is 2.10. The SMILES string of the molecule is CCCCO[Si](OCCCC)(c1cccs1)c1cccs1. The van der Waals surface area contributed by atoms with E-state index < -0.39 is 8.56 Å². The van der Waals surface area contributed by atoms with Crippen molar-refractivity contribution in [1.82, 2.24) is 0 Å². The summed E-state index contributed by atoms with van der Waals surface area (Å²) >= 11 is 3.53. The highest BCUT2D eigenvalue weighted by Crippen LogP contribution is 2.17. The first-order valence-electron chi connectivity index (χ1n) is 7.69. The van der Waals surface area contributed by atoms with E-state index in [9.17, 15) is 0 Å².